The fourth-order valence-electron chi connectivity index (χ4n) is 12.7. The van der Waals surface area contributed by atoms with Crippen LogP contribution in [-0.4, -0.2) is 131 Å². The minimum Gasteiger partial charge on any atom is -0.462 e. The number of ether oxygens (including phenoxy) is 8. The van der Waals surface area contributed by atoms with E-state index in [1.165, 1.54) is 5.69 Å². The molecule has 0 bridgehead atoms. The summed E-state index contributed by atoms with van der Waals surface area (Å²) in [6, 6.07) is 11.4. The summed E-state index contributed by atoms with van der Waals surface area (Å²) in [5.74, 6) is 0.0671. The molecule has 0 spiro atoms. The lowest BCUT2D eigenvalue weighted by molar-refractivity contribution is -0.317. The molecule has 12 nitrogen and oxygen atoms in total. The normalized spacial score (nSPS) is 44.5. The van der Waals surface area contributed by atoms with Crippen LogP contribution < -0.4 is 4.90 Å². The van der Waals surface area contributed by atoms with E-state index in [-0.39, 0.29) is 109 Å². The highest BCUT2D eigenvalue weighted by Crippen LogP contribution is 2.65. The molecule has 0 amide bonds. The van der Waals surface area contributed by atoms with Crippen molar-refractivity contribution in [2.75, 3.05) is 39.8 Å². The number of para-hydroxylation sites is 1. The van der Waals surface area contributed by atoms with Crippen LogP contribution in [-0.2, 0) is 47.5 Å². The van der Waals surface area contributed by atoms with Gasteiger partial charge in [0.1, 0.15) is 24.4 Å². The SMILES string of the molecule is CCO[C@H]1C(OC)[C@H](O[C@@H]2C[C@@H]3[C@@H](C2)[C@@H]2C=C4C(=O)[C@H](C)[C@@H](O[C@H]5CC[C@H](N(C)C)C(C)O5)CCC[C@H](CC)OC(=O)C[C@H]4[C@@H]2[C@@H]2[C@H]3N2c2ccccc2)OC(C)[C@@H]1OC. The maximum absolute atomic E-state index is 15.2. The van der Waals surface area contributed by atoms with Crippen molar-refractivity contribution in [3.8, 4) is 0 Å². The summed E-state index contributed by atoms with van der Waals surface area (Å²) in [6.45, 7) is 10.8. The van der Waals surface area contributed by atoms with E-state index in [4.69, 9.17) is 37.9 Å². The number of hydrogen-bond donors (Lipinski definition) is 0. The van der Waals surface area contributed by atoms with Gasteiger partial charge < -0.3 is 47.7 Å². The van der Waals surface area contributed by atoms with E-state index in [9.17, 15) is 4.79 Å². The summed E-state index contributed by atoms with van der Waals surface area (Å²) in [7, 11) is 7.56. The number of hydrogen-bond acceptors (Lipinski definition) is 12. The average molecular weight is 837 g/mol. The summed E-state index contributed by atoms with van der Waals surface area (Å²) in [5.41, 5.74) is 1.98. The monoisotopic (exact) mass is 837 g/mol. The number of carbonyl (C=O) groups is 2. The number of ketones is 1. The van der Waals surface area contributed by atoms with Gasteiger partial charge in [-0.25, -0.2) is 0 Å². The number of nitrogens with zero attached hydrogens (tertiary/aromatic N) is 2. The number of likely N-dealkylation sites (N-methyl/N-ethyl adjacent to an activating group) is 1. The van der Waals surface area contributed by atoms with E-state index in [1.54, 1.807) is 14.2 Å². The van der Waals surface area contributed by atoms with E-state index in [2.05, 4.69) is 74.2 Å². The van der Waals surface area contributed by atoms with E-state index in [1.807, 2.05) is 20.8 Å². The van der Waals surface area contributed by atoms with Crippen LogP contribution in [0.3, 0.4) is 0 Å². The third-order valence-electron chi connectivity index (χ3n) is 15.5. The zero-order valence-electron chi connectivity index (χ0n) is 37.5. The van der Waals surface area contributed by atoms with Gasteiger partial charge in [-0.2, -0.15) is 0 Å². The minimum atomic E-state index is -0.614. The molecule has 1 aromatic rings. The van der Waals surface area contributed by atoms with Gasteiger partial charge in [-0.1, -0.05) is 38.1 Å². The first-order chi connectivity index (χ1) is 29.0. The lowest BCUT2D eigenvalue weighted by atomic mass is 9.66. The van der Waals surface area contributed by atoms with Crippen LogP contribution in [0.2, 0.25) is 0 Å². The smallest absolute Gasteiger partial charge is 0.306 e. The molecule has 4 aliphatic heterocycles. The molecule has 0 radical (unpaired) electrons. The Bertz CT molecular complexity index is 1660. The standard InChI is InChI=1S/C48H72N2O10/c1-10-30-18-15-19-38(60-40-21-20-37(49(6)7)27(4)56-40)26(3)44(52)36-24-33-32-22-31(59-48-47(54-9)46(55-11-2)45(53-8)28(5)57-48)23-35(32)42-43(41(33)34(36)25-39(51)58-30)50(42)29-16-13-12-14-17-29/h12-14,16-17,24,26-28,30-35,37-38,40-43,45-48H,10-11,15,18-23,25H2,1-9H3/t26-,27?,28?,30+,31+,32+,33+,34-,35-,37+,38+,40+,41-,42+,43-,45+,46-,47?,48+,50?/m1/s1. The molecule has 4 saturated heterocycles. The van der Waals surface area contributed by atoms with Crippen molar-refractivity contribution in [3.05, 3.63) is 42.0 Å². The number of benzene rings is 1. The molecule has 334 valence electrons. The summed E-state index contributed by atoms with van der Waals surface area (Å²) in [5, 5.41) is 0. The van der Waals surface area contributed by atoms with E-state index >= 15 is 4.79 Å². The maximum atomic E-state index is 15.2. The maximum Gasteiger partial charge on any atom is 0.306 e. The predicted octanol–water partition coefficient (Wildman–Crippen LogP) is 6.58. The van der Waals surface area contributed by atoms with Gasteiger partial charge >= 0.3 is 5.97 Å². The summed E-state index contributed by atoms with van der Waals surface area (Å²) in [4.78, 5) is 34.0. The number of methoxy groups -OCH3 is 2. The topological polar surface area (TPSA) is 114 Å². The average Bonchev–Trinajstić information content (AvgIpc) is 3.64. The summed E-state index contributed by atoms with van der Waals surface area (Å²) >= 11 is 0. The van der Waals surface area contributed by atoms with Crippen LogP contribution in [0.15, 0.2) is 42.0 Å². The first kappa shape index (κ1) is 44.2. The predicted molar refractivity (Wildman–Crippen MR) is 226 cm³/mol. The van der Waals surface area contributed by atoms with E-state index < -0.39 is 12.4 Å². The third-order valence-corrected chi connectivity index (χ3v) is 15.5. The fourth-order valence-corrected chi connectivity index (χ4v) is 12.7. The van der Waals surface area contributed by atoms with Crippen molar-refractivity contribution in [2.45, 2.75) is 172 Å². The number of cyclic esters (lactones) is 1. The van der Waals surface area contributed by atoms with Gasteiger partial charge in [0.05, 0.1) is 42.9 Å². The van der Waals surface area contributed by atoms with Crippen LogP contribution in [0.25, 0.3) is 0 Å². The Morgan fingerprint density at radius 1 is 0.833 bits per heavy atom. The van der Waals surface area contributed by atoms with Crippen LogP contribution in [0.4, 0.5) is 5.69 Å². The number of Topliss-reactive ketones (excluding diaryl/α,β-unsaturated/α-hetero) is 1. The second-order valence-corrected chi connectivity index (χ2v) is 19.1. The first-order valence-corrected chi connectivity index (χ1v) is 23.2. The lowest BCUT2D eigenvalue weighted by Crippen LogP contribution is -2.60. The highest BCUT2D eigenvalue weighted by atomic mass is 16.7. The van der Waals surface area contributed by atoms with Crippen LogP contribution in [0.5, 0.6) is 0 Å². The zero-order chi connectivity index (χ0) is 42.4. The number of fused-ring (bicyclic) bond motifs is 8. The van der Waals surface area contributed by atoms with Gasteiger partial charge in [0, 0.05) is 44.4 Å². The molecule has 19 atom stereocenters. The number of rotatable bonds is 11. The molecule has 0 N–H and O–H groups in total. The lowest BCUT2D eigenvalue weighted by Gasteiger charge is -2.44. The number of esters is 1. The quantitative estimate of drug-likeness (QED) is 0.177. The molecule has 8 rings (SSSR count). The summed E-state index contributed by atoms with van der Waals surface area (Å²) in [6.07, 6.45) is 6.16. The third kappa shape index (κ3) is 8.50. The van der Waals surface area contributed by atoms with E-state index in [0.717, 1.165) is 50.5 Å². The molecule has 3 aliphatic carbocycles. The number of anilines is 1. The van der Waals surface area contributed by atoms with Gasteiger partial charge in [-0.05, 0) is 128 Å². The number of carbonyl (C=O) groups excluding carboxylic acids is 2. The highest BCUT2D eigenvalue weighted by molar-refractivity contribution is 5.99. The van der Waals surface area contributed by atoms with Crippen molar-refractivity contribution in [3.63, 3.8) is 0 Å². The summed E-state index contributed by atoms with van der Waals surface area (Å²) < 4.78 is 51.1. The van der Waals surface area contributed by atoms with Crippen molar-refractivity contribution in [1.82, 2.24) is 4.90 Å². The molecule has 7 aliphatic rings. The molecule has 0 aromatic heterocycles. The van der Waals surface area contributed by atoms with Crippen molar-refractivity contribution >= 4 is 17.4 Å². The van der Waals surface area contributed by atoms with Crippen molar-refractivity contribution in [2.24, 2.45) is 35.5 Å². The molecule has 12 heteroatoms. The Hall–Kier alpha value is -2.42. The zero-order valence-corrected chi connectivity index (χ0v) is 37.5. The Morgan fingerprint density at radius 3 is 2.27 bits per heavy atom. The Kier molecular flexibility index (Phi) is 13.8. The molecule has 4 heterocycles. The Labute approximate surface area is 358 Å². The second kappa shape index (κ2) is 18.7. The van der Waals surface area contributed by atoms with Gasteiger partial charge in [0.15, 0.2) is 18.4 Å². The number of allylic oxidation sites excluding steroid dienone is 2. The fraction of sp³-hybridized carbons (Fsp3) is 0.792. The Morgan fingerprint density at radius 2 is 1.58 bits per heavy atom. The van der Waals surface area contributed by atoms with Gasteiger partial charge in [-0.15, -0.1) is 0 Å². The molecule has 2 saturated carbocycles. The molecule has 1 aromatic carbocycles. The van der Waals surface area contributed by atoms with E-state index in [0.29, 0.717) is 25.0 Å². The highest BCUT2D eigenvalue weighted by Gasteiger charge is 2.69. The Balaban J connectivity index is 1.09. The second-order valence-electron chi connectivity index (χ2n) is 19.1. The molecule has 60 heavy (non-hydrogen) atoms. The van der Waals surface area contributed by atoms with Crippen LogP contribution in [0.1, 0.15) is 92.4 Å². The van der Waals surface area contributed by atoms with Crippen LogP contribution >= 0.6 is 0 Å². The minimum absolute atomic E-state index is 0.0259. The molecular formula is C48H72N2O10. The largest absolute Gasteiger partial charge is 0.462 e. The van der Waals surface area contributed by atoms with Crippen molar-refractivity contribution in [1.29, 1.82) is 0 Å². The van der Waals surface area contributed by atoms with Gasteiger partial charge in [0.25, 0.3) is 0 Å². The molecule has 3 unspecified atom stereocenters. The van der Waals surface area contributed by atoms with Gasteiger partial charge in [0.2, 0.25) is 0 Å². The molecular weight excluding hydrogens is 765 g/mol. The van der Waals surface area contributed by atoms with Crippen molar-refractivity contribution < 1.29 is 47.5 Å². The first-order valence-electron chi connectivity index (χ1n) is 23.2. The van der Waals surface area contributed by atoms with Crippen LogP contribution in [0, 0.1) is 35.5 Å². The van der Waals surface area contributed by atoms with Gasteiger partial charge in [-0.3, -0.25) is 9.59 Å². The molecule has 6 fully saturated rings.